The smallest absolute Gasteiger partial charge is 0.254 e. The van der Waals surface area contributed by atoms with E-state index in [9.17, 15) is 9.90 Å². The van der Waals surface area contributed by atoms with Crippen LogP contribution in [-0.2, 0) is 0 Å². The molecule has 98 valence electrons. The van der Waals surface area contributed by atoms with Crippen LogP contribution in [0.25, 0.3) is 10.9 Å². The van der Waals surface area contributed by atoms with Crippen LogP contribution in [0.5, 0.6) is 0 Å². The topological polar surface area (TPSA) is 53.4 Å². The molecule has 2 aromatic rings. The Labute approximate surface area is 111 Å². The minimum Gasteiger partial charge on any atom is -0.386 e. The van der Waals surface area contributed by atoms with Gasteiger partial charge < -0.3 is 10.0 Å². The monoisotopic (exact) mass is 256 g/mol. The number of nitrogens with zero attached hydrogens (tertiary/aromatic N) is 2. The summed E-state index contributed by atoms with van der Waals surface area (Å²) in [6.45, 7) is 2.77. The number of aliphatic hydroxyl groups is 1. The molecule has 0 radical (unpaired) electrons. The summed E-state index contributed by atoms with van der Waals surface area (Å²) in [5.41, 5.74) is 0.779. The molecule has 0 unspecified atom stereocenters. The van der Waals surface area contributed by atoms with Crippen molar-refractivity contribution < 1.29 is 9.90 Å². The summed E-state index contributed by atoms with van der Waals surface area (Å²) in [6.07, 6.45) is 2.39. The number of hydrogen-bond acceptors (Lipinski definition) is 3. The molecule has 0 atom stereocenters. The minimum atomic E-state index is -0.696. The lowest BCUT2D eigenvalue weighted by molar-refractivity contribution is -0.0825. The van der Waals surface area contributed by atoms with E-state index in [4.69, 9.17) is 0 Å². The lowest BCUT2D eigenvalue weighted by atomic mass is 9.90. The zero-order chi connectivity index (χ0) is 13.5. The van der Waals surface area contributed by atoms with Crippen molar-refractivity contribution in [2.24, 2.45) is 0 Å². The Kier molecular flexibility index (Phi) is 2.75. The molecular weight excluding hydrogens is 240 g/mol. The molecule has 2 heterocycles. The number of fused-ring (bicyclic) bond motifs is 1. The summed E-state index contributed by atoms with van der Waals surface area (Å²) in [5.74, 6) is -0.0308. The molecule has 1 saturated heterocycles. The first-order valence-electron chi connectivity index (χ1n) is 6.48. The third-order valence-electron chi connectivity index (χ3n) is 3.79. The SMILES string of the molecule is CCC1(O)CN(C(=O)c2cccc3ncccc23)C1. The third-order valence-corrected chi connectivity index (χ3v) is 3.79. The highest BCUT2D eigenvalue weighted by molar-refractivity contribution is 6.06. The molecule has 0 bridgehead atoms. The van der Waals surface area contributed by atoms with Gasteiger partial charge in [-0.05, 0) is 24.6 Å². The fourth-order valence-electron chi connectivity index (χ4n) is 2.49. The quantitative estimate of drug-likeness (QED) is 0.892. The van der Waals surface area contributed by atoms with E-state index in [1.54, 1.807) is 11.1 Å². The second-order valence-electron chi connectivity index (χ2n) is 5.11. The summed E-state index contributed by atoms with van der Waals surface area (Å²) in [6, 6.07) is 9.29. The van der Waals surface area contributed by atoms with Gasteiger partial charge in [-0.2, -0.15) is 0 Å². The van der Waals surface area contributed by atoms with E-state index in [0.717, 1.165) is 10.9 Å². The van der Waals surface area contributed by atoms with Crippen molar-refractivity contribution in [3.8, 4) is 0 Å². The molecular formula is C15H16N2O2. The first kappa shape index (κ1) is 12.1. The van der Waals surface area contributed by atoms with Crippen LogP contribution < -0.4 is 0 Å². The lowest BCUT2D eigenvalue weighted by Gasteiger charge is -2.46. The molecule has 4 heteroatoms. The molecule has 1 fully saturated rings. The van der Waals surface area contributed by atoms with Crippen LogP contribution in [0, 0.1) is 0 Å². The van der Waals surface area contributed by atoms with Crippen molar-refractivity contribution in [3.63, 3.8) is 0 Å². The van der Waals surface area contributed by atoms with Crippen LogP contribution >= 0.6 is 0 Å². The van der Waals surface area contributed by atoms with E-state index in [-0.39, 0.29) is 5.91 Å². The van der Waals surface area contributed by atoms with Crippen molar-refractivity contribution in [1.29, 1.82) is 0 Å². The molecule has 1 amide bonds. The molecule has 1 aliphatic rings. The van der Waals surface area contributed by atoms with Gasteiger partial charge in [0, 0.05) is 17.1 Å². The molecule has 19 heavy (non-hydrogen) atoms. The Bertz CT molecular complexity index is 628. The van der Waals surface area contributed by atoms with Crippen molar-refractivity contribution in [1.82, 2.24) is 9.88 Å². The molecule has 4 nitrogen and oxygen atoms in total. The largest absolute Gasteiger partial charge is 0.386 e. The van der Waals surface area contributed by atoms with E-state index in [0.29, 0.717) is 25.1 Å². The van der Waals surface area contributed by atoms with Gasteiger partial charge in [0.15, 0.2) is 0 Å². The van der Waals surface area contributed by atoms with Gasteiger partial charge in [-0.25, -0.2) is 0 Å². The molecule has 1 aliphatic heterocycles. The highest BCUT2D eigenvalue weighted by atomic mass is 16.3. The van der Waals surface area contributed by atoms with Gasteiger partial charge in [0.05, 0.1) is 24.2 Å². The summed E-state index contributed by atoms with van der Waals surface area (Å²) >= 11 is 0. The van der Waals surface area contributed by atoms with Crippen molar-refractivity contribution in [3.05, 3.63) is 42.1 Å². The molecule has 0 spiro atoms. The van der Waals surface area contributed by atoms with Gasteiger partial charge in [-0.15, -0.1) is 0 Å². The normalized spacial score (nSPS) is 17.3. The second kappa shape index (κ2) is 4.31. The molecule has 1 aromatic heterocycles. The van der Waals surface area contributed by atoms with Crippen LogP contribution in [0.4, 0.5) is 0 Å². The summed E-state index contributed by atoms with van der Waals surface area (Å²) in [5, 5.41) is 10.9. The van der Waals surface area contributed by atoms with E-state index in [1.165, 1.54) is 0 Å². The molecule has 0 saturated carbocycles. The van der Waals surface area contributed by atoms with Crippen LogP contribution in [0.1, 0.15) is 23.7 Å². The highest BCUT2D eigenvalue weighted by Gasteiger charge is 2.42. The summed E-state index contributed by atoms with van der Waals surface area (Å²) < 4.78 is 0. The Balaban J connectivity index is 1.91. The van der Waals surface area contributed by atoms with Gasteiger partial charge >= 0.3 is 0 Å². The third kappa shape index (κ3) is 1.98. The number of rotatable bonds is 2. The van der Waals surface area contributed by atoms with E-state index >= 15 is 0 Å². The average molecular weight is 256 g/mol. The van der Waals surface area contributed by atoms with E-state index in [2.05, 4.69) is 4.98 Å². The first-order chi connectivity index (χ1) is 9.13. The number of likely N-dealkylation sites (tertiary alicyclic amines) is 1. The Morgan fingerprint density at radius 2 is 2.16 bits per heavy atom. The highest BCUT2D eigenvalue weighted by Crippen LogP contribution is 2.27. The number of amides is 1. The van der Waals surface area contributed by atoms with Gasteiger partial charge in [0.25, 0.3) is 5.91 Å². The van der Waals surface area contributed by atoms with Crippen LogP contribution in [0.3, 0.4) is 0 Å². The number of hydrogen-bond donors (Lipinski definition) is 1. The summed E-state index contributed by atoms with van der Waals surface area (Å²) in [7, 11) is 0. The number of carbonyl (C=O) groups is 1. The molecule has 3 rings (SSSR count). The standard InChI is InChI=1S/C15H16N2O2/c1-2-15(19)9-17(10-15)14(18)12-5-3-7-13-11(12)6-4-8-16-13/h3-8,19H,2,9-10H2,1H3. The lowest BCUT2D eigenvalue weighted by Crippen LogP contribution is -2.63. The Morgan fingerprint density at radius 1 is 1.37 bits per heavy atom. The fraction of sp³-hybridized carbons (Fsp3) is 0.333. The maximum Gasteiger partial charge on any atom is 0.254 e. The Morgan fingerprint density at radius 3 is 2.89 bits per heavy atom. The Hall–Kier alpha value is -1.94. The summed E-state index contributed by atoms with van der Waals surface area (Å²) in [4.78, 5) is 18.4. The van der Waals surface area contributed by atoms with Crippen molar-refractivity contribution in [2.45, 2.75) is 18.9 Å². The fourth-order valence-corrected chi connectivity index (χ4v) is 2.49. The predicted molar refractivity (Wildman–Crippen MR) is 72.9 cm³/mol. The number of pyridine rings is 1. The van der Waals surface area contributed by atoms with Gasteiger partial charge in [-0.1, -0.05) is 19.1 Å². The van der Waals surface area contributed by atoms with Crippen LogP contribution in [0.2, 0.25) is 0 Å². The zero-order valence-electron chi connectivity index (χ0n) is 10.8. The number of carbonyl (C=O) groups excluding carboxylic acids is 1. The number of benzene rings is 1. The molecule has 0 aliphatic carbocycles. The van der Waals surface area contributed by atoms with Gasteiger partial charge in [0.1, 0.15) is 0 Å². The zero-order valence-corrected chi connectivity index (χ0v) is 10.8. The maximum atomic E-state index is 12.4. The average Bonchev–Trinajstić information content (AvgIpc) is 2.42. The minimum absolute atomic E-state index is 0.0308. The molecule has 1 aromatic carbocycles. The number of β-amino-alcohol motifs (C(OH)–C–C–N with tert-alkyl or cyclic N) is 1. The maximum absolute atomic E-state index is 12.4. The van der Waals surface area contributed by atoms with Crippen LogP contribution in [0.15, 0.2) is 36.5 Å². The van der Waals surface area contributed by atoms with Crippen molar-refractivity contribution >= 4 is 16.8 Å². The first-order valence-corrected chi connectivity index (χ1v) is 6.48. The van der Waals surface area contributed by atoms with Gasteiger partial charge in [-0.3, -0.25) is 9.78 Å². The second-order valence-corrected chi connectivity index (χ2v) is 5.11. The van der Waals surface area contributed by atoms with E-state index in [1.807, 2.05) is 37.3 Å². The van der Waals surface area contributed by atoms with Crippen molar-refractivity contribution in [2.75, 3.05) is 13.1 Å². The molecule has 1 N–H and O–H groups in total. The number of aromatic nitrogens is 1. The van der Waals surface area contributed by atoms with Crippen LogP contribution in [-0.4, -0.2) is 39.6 Å². The van der Waals surface area contributed by atoms with E-state index < -0.39 is 5.60 Å². The predicted octanol–water partition coefficient (Wildman–Crippen LogP) is 1.83. The van der Waals surface area contributed by atoms with Gasteiger partial charge in [0.2, 0.25) is 0 Å².